The van der Waals surface area contributed by atoms with Crippen LogP contribution in [0.5, 0.6) is 0 Å². The molecule has 0 aromatic heterocycles. The lowest BCUT2D eigenvalue weighted by Gasteiger charge is -2.23. The Balaban J connectivity index is 2.39. The topological polar surface area (TPSA) is 32.3 Å². The molecule has 16 heavy (non-hydrogen) atoms. The third-order valence-corrected chi connectivity index (χ3v) is 2.57. The first-order valence-corrected chi connectivity index (χ1v) is 5.71. The molecule has 2 nitrogen and oxygen atoms in total. The van der Waals surface area contributed by atoms with Crippen molar-refractivity contribution in [2.75, 3.05) is 6.54 Å². The number of hydrogen-bond acceptors (Lipinski definition) is 2. The van der Waals surface area contributed by atoms with Gasteiger partial charge >= 0.3 is 0 Å². The fraction of sp³-hybridized carbons (Fsp3) is 0.538. The zero-order valence-corrected chi connectivity index (χ0v) is 9.96. The molecule has 0 fully saturated rings. The summed E-state index contributed by atoms with van der Waals surface area (Å²) in [4.78, 5) is 0. The average Bonchev–Trinajstić information content (AvgIpc) is 2.20. The summed E-state index contributed by atoms with van der Waals surface area (Å²) in [7, 11) is 0. The number of hydrogen-bond donors (Lipinski definition) is 2. The van der Waals surface area contributed by atoms with Crippen molar-refractivity contribution in [3.63, 3.8) is 0 Å². The molecular weight excluding hydrogens is 205 g/mol. The molecule has 1 aromatic carbocycles. The van der Waals surface area contributed by atoms with Gasteiger partial charge in [-0.05, 0) is 19.4 Å². The molecule has 1 rings (SSSR count). The van der Waals surface area contributed by atoms with Crippen molar-refractivity contribution in [3.8, 4) is 0 Å². The van der Waals surface area contributed by atoms with Crippen molar-refractivity contribution in [1.29, 1.82) is 0 Å². The molecule has 0 aliphatic heterocycles. The van der Waals surface area contributed by atoms with E-state index >= 15 is 0 Å². The van der Waals surface area contributed by atoms with Gasteiger partial charge in [0.05, 0.1) is 5.60 Å². The Labute approximate surface area is 96.5 Å². The summed E-state index contributed by atoms with van der Waals surface area (Å²) in [6, 6.07) is 6.68. The van der Waals surface area contributed by atoms with Gasteiger partial charge < -0.3 is 10.4 Å². The predicted molar refractivity (Wildman–Crippen MR) is 63.6 cm³/mol. The lowest BCUT2D eigenvalue weighted by atomic mass is 10.0. The first-order chi connectivity index (χ1) is 7.55. The van der Waals surface area contributed by atoms with E-state index in [0.29, 0.717) is 18.7 Å². The van der Waals surface area contributed by atoms with Crippen LogP contribution in [0.3, 0.4) is 0 Å². The zero-order chi connectivity index (χ0) is 12.0. The highest BCUT2D eigenvalue weighted by Gasteiger charge is 2.18. The normalized spacial score (nSPS) is 14.8. The molecule has 2 N–H and O–H groups in total. The minimum absolute atomic E-state index is 0.204. The minimum Gasteiger partial charge on any atom is -0.389 e. The number of halogens is 1. The number of benzene rings is 1. The standard InChI is InChI=1S/C13H20FNO/c1-3-8-13(2,16)10-15-9-11-6-4-5-7-12(11)14/h4-7,15-16H,3,8-10H2,1-2H3. The Morgan fingerprint density at radius 1 is 1.38 bits per heavy atom. The van der Waals surface area contributed by atoms with Crippen molar-refractivity contribution in [2.24, 2.45) is 0 Å². The van der Waals surface area contributed by atoms with E-state index < -0.39 is 5.60 Å². The largest absolute Gasteiger partial charge is 0.389 e. The van der Waals surface area contributed by atoms with Gasteiger partial charge in [0.25, 0.3) is 0 Å². The highest BCUT2D eigenvalue weighted by Crippen LogP contribution is 2.11. The zero-order valence-electron chi connectivity index (χ0n) is 9.96. The molecule has 3 heteroatoms. The van der Waals surface area contributed by atoms with Crippen LogP contribution >= 0.6 is 0 Å². The van der Waals surface area contributed by atoms with E-state index in [4.69, 9.17) is 0 Å². The van der Waals surface area contributed by atoms with Crippen LogP contribution in [0.25, 0.3) is 0 Å². The number of aliphatic hydroxyl groups is 1. The average molecular weight is 225 g/mol. The monoisotopic (exact) mass is 225 g/mol. The fourth-order valence-electron chi connectivity index (χ4n) is 1.74. The highest BCUT2D eigenvalue weighted by molar-refractivity contribution is 5.16. The fourth-order valence-corrected chi connectivity index (χ4v) is 1.74. The van der Waals surface area contributed by atoms with Gasteiger partial charge in [-0.25, -0.2) is 4.39 Å². The van der Waals surface area contributed by atoms with Crippen LogP contribution in [0.2, 0.25) is 0 Å². The smallest absolute Gasteiger partial charge is 0.127 e. The third kappa shape index (κ3) is 4.29. The Hall–Kier alpha value is -0.930. The summed E-state index contributed by atoms with van der Waals surface area (Å²) in [5, 5.41) is 13.0. The maximum atomic E-state index is 13.3. The molecule has 0 aliphatic rings. The molecule has 0 radical (unpaired) electrons. The second kappa shape index (κ2) is 5.97. The molecule has 0 amide bonds. The summed E-state index contributed by atoms with van der Waals surface area (Å²) in [6.45, 7) is 4.76. The summed E-state index contributed by atoms with van der Waals surface area (Å²) in [6.07, 6.45) is 1.69. The summed E-state index contributed by atoms with van der Waals surface area (Å²) >= 11 is 0. The van der Waals surface area contributed by atoms with Crippen LogP contribution in [-0.2, 0) is 6.54 Å². The van der Waals surface area contributed by atoms with E-state index in [1.54, 1.807) is 19.1 Å². The Bertz CT molecular complexity index is 325. The van der Waals surface area contributed by atoms with Crippen LogP contribution < -0.4 is 5.32 Å². The van der Waals surface area contributed by atoms with Gasteiger partial charge in [0.1, 0.15) is 5.82 Å². The van der Waals surface area contributed by atoms with Crippen LogP contribution in [0, 0.1) is 5.82 Å². The Morgan fingerprint density at radius 3 is 2.69 bits per heavy atom. The molecule has 0 saturated heterocycles. The molecule has 1 atom stereocenters. The summed E-state index contributed by atoms with van der Waals surface area (Å²) < 4.78 is 13.3. The molecule has 0 bridgehead atoms. The molecule has 1 unspecified atom stereocenters. The lowest BCUT2D eigenvalue weighted by molar-refractivity contribution is 0.0497. The summed E-state index contributed by atoms with van der Waals surface area (Å²) in [5.74, 6) is -0.204. The lowest BCUT2D eigenvalue weighted by Crippen LogP contribution is -2.37. The Morgan fingerprint density at radius 2 is 2.06 bits per heavy atom. The predicted octanol–water partition coefficient (Wildman–Crippen LogP) is 2.47. The van der Waals surface area contributed by atoms with Gasteiger partial charge in [0, 0.05) is 18.7 Å². The van der Waals surface area contributed by atoms with E-state index in [2.05, 4.69) is 5.32 Å². The second-order valence-electron chi connectivity index (χ2n) is 4.44. The Kier molecular flexibility index (Phi) is 4.90. The summed E-state index contributed by atoms with van der Waals surface area (Å²) in [5.41, 5.74) is -0.0743. The van der Waals surface area contributed by atoms with Crippen molar-refractivity contribution < 1.29 is 9.50 Å². The van der Waals surface area contributed by atoms with E-state index in [-0.39, 0.29) is 5.82 Å². The van der Waals surface area contributed by atoms with Crippen LogP contribution in [0.1, 0.15) is 32.3 Å². The molecule has 90 valence electrons. The first kappa shape index (κ1) is 13.1. The van der Waals surface area contributed by atoms with Crippen LogP contribution in [0.4, 0.5) is 4.39 Å². The van der Waals surface area contributed by atoms with Gasteiger partial charge in [-0.2, -0.15) is 0 Å². The van der Waals surface area contributed by atoms with Gasteiger partial charge in [0.2, 0.25) is 0 Å². The highest BCUT2D eigenvalue weighted by atomic mass is 19.1. The third-order valence-electron chi connectivity index (χ3n) is 2.57. The molecule has 0 spiro atoms. The van der Waals surface area contributed by atoms with Gasteiger partial charge in [-0.15, -0.1) is 0 Å². The maximum Gasteiger partial charge on any atom is 0.127 e. The van der Waals surface area contributed by atoms with E-state index in [1.165, 1.54) is 6.07 Å². The molecule has 0 aliphatic carbocycles. The SMILES string of the molecule is CCCC(C)(O)CNCc1ccccc1F. The van der Waals surface area contributed by atoms with Crippen LogP contribution in [0.15, 0.2) is 24.3 Å². The second-order valence-corrected chi connectivity index (χ2v) is 4.44. The van der Waals surface area contributed by atoms with E-state index in [1.807, 2.05) is 13.0 Å². The number of nitrogens with one attached hydrogen (secondary N) is 1. The van der Waals surface area contributed by atoms with Gasteiger partial charge in [0.15, 0.2) is 0 Å². The van der Waals surface area contributed by atoms with Crippen LogP contribution in [-0.4, -0.2) is 17.3 Å². The van der Waals surface area contributed by atoms with Crippen molar-refractivity contribution in [2.45, 2.75) is 38.8 Å². The molecule has 1 aromatic rings. The quantitative estimate of drug-likeness (QED) is 0.779. The van der Waals surface area contributed by atoms with Crippen molar-refractivity contribution in [3.05, 3.63) is 35.6 Å². The molecular formula is C13H20FNO. The minimum atomic E-state index is -0.708. The van der Waals surface area contributed by atoms with Crippen molar-refractivity contribution in [1.82, 2.24) is 5.32 Å². The molecule has 0 saturated carbocycles. The number of rotatable bonds is 6. The molecule has 0 heterocycles. The van der Waals surface area contributed by atoms with Gasteiger partial charge in [-0.1, -0.05) is 31.5 Å². The maximum absolute atomic E-state index is 13.3. The van der Waals surface area contributed by atoms with E-state index in [9.17, 15) is 9.50 Å². The van der Waals surface area contributed by atoms with Crippen molar-refractivity contribution >= 4 is 0 Å². The van der Waals surface area contributed by atoms with E-state index in [0.717, 1.165) is 12.8 Å². The first-order valence-electron chi connectivity index (χ1n) is 5.71. The van der Waals surface area contributed by atoms with Gasteiger partial charge in [-0.3, -0.25) is 0 Å².